The Balaban J connectivity index is 1.79. The smallest absolute Gasteiger partial charge is 0.399 e. The van der Waals surface area contributed by atoms with Gasteiger partial charge >= 0.3 is 6.29 Å². The molecule has 0 bridgehead atoms. The van der Waals surface area contributed by atoms with Gasteiger partial charge in [-0.2, -0.15) is 0 Å². The van der Waals surface area contributed by atoms with Gasteiger partial charge in [-0.15, -0.1) is 8.78 Å². The number of nitrogen functional groups attached to an aromatic ring is 1. The summed E-state index contributed by atoms with van der Waals surface area (Å²) in [5.41, 5.74) is 6.71. The number of alkyl halides is 2. The number of halogens is 2. The molecule has 5 nitrogen and oxygen atoms in total. The van der Waals surface area contributed by atoms with Crippen LogP contribution in [0.25, 0.3) is 0 Å². The zero-order chi connectivity index (χ0) is 15.0. The Morgan fingerprint density at radius 2 is 1.86 bits per heavy atom. The summed E-state index contributed by atoms with van der Waals surface area (Å²) in [6, 6.07) is 10.4. The molecular weight excluding hydrogens is 282 g/mol. The average molecular weight is 292 g/mol. The first-order valence-corrected chi connectivity index (χ1v) is 6.00. The fraction of sp³-hybridized carbons (Fsp3) is 0.0714. The van der Waals surface area contributed by atoms with Crippen LogP contribution in [0, 0.1) is 0 Å². The van der Waals surface area contributed by atoms with Crippen LogP contribution in [0.5, 0.6) is 11.5 Å². The molecule has 0 radical (unpaired) electrons. The molecule has 3 N–H and O–H groups in total. The van der Waals surface area contributed by atoms with Gasteiger partial charge in [0.1, 0.15) is 0 Å². The fourth-order valence-electron chi connectivity index (χ4n) is 1.91. The number of nitrogens with one attached hydrogen (secondary N) is 1. The second kappa shape index (κ2) is 4.62. The summed E-state index contributed by atoms with van der Waals surface area (Å²) in [5, 5.41) is 2.57. The molecular formula is C14H10F2N2O3. The molecule has 1 aliphatic heterocycles. The quantitative estimate of drug-likeness (QED) is 0.835. The van der Waals surface area contributed by atoms with E-state index in [0.29, 0.717) is 16.9 Å². The molecule has 21 heavy (non-hydrogen) atoms. The summed E-state index contributed by atoms with van der Waals surface area (Å²) in [4.78, 5) is 12.0. The van der Waals surface area contributed by atoms with Crippen molar-refractivity contribution in [3.05, 3.63) is 48.0 Å². The Morgan fingerprint density at radius 1 is 1.10 bits per heavy atom. The SMILES string of the molecule is Nc1cccc(C(=O)Nc2ccc3c(c2)OC(F)(F)O3)c1. The molecule has 0 saturated carbocycles. The third kappa shape index (κ3) is 2.71. The molecule has 0 unspecified atom stereocenters. The van der Waals surface area contributed by atoms with Crippen molar-refractivity contribution in [2.75, 3.05) is 11.1 Å². The molecule has 0 atom stereocenters. The molecule has 1 heterocycles. The molecule has 0 saturated heterocycles. The second-order valence-corrected chi connectivity index (χ2v) is 4.41. The number of hydrogen-bond acceptors (Lipinski definition) is 4. The van der Waals surface area contributed by atoms with Gasteiger partial charge in [0, 0.05) is 23.0 Å². The van der Waals surface area contributed by atoms with Crippen molar-refractivity contribution >= 4 is 17.3 Å². The Kier molecular flexibility index (Phi) is 2.90. The van der Waals surface area contributed by atoms with Gasteiger partial charge in [0.2, 0.25) is 0 Å². The molecule has 108 valence electrons. The van der Waals surface area contributed by atoms with Crippen molar-refractivity contribution in [2.45, 2.75) is 6.29 Å². The number of amides is 1. The number of rotatable bonds is 2. The highest BCUT2D eigenvalue weighted by Crippen LogP contribution is 2.42. The van der Waals surface area contributed by atoms with E-state index in [9.17, 15) is 13.6 Å². The van der Waals surface area contributed by atoms with Crippen LogP contribution in [0.4, 0.5) is 20.2 Å². The number of benzene rings is 2. The van der Waals surface area contributed by atoms with Crippen LogP contribution in [0.15, 0.2) is 42.5 Å². The maximum atomic E-state index is 12.9. The molecule has 7 heteroatoms. The first kappa shape index (κ1) is 13.2. The molecule has 1 aliphatic rings. The lowest BCUT2D eigenvalue weighted by molar-refractivity contribution is -0.286. The van der Waals surface area contributed by atoms with Crippen LogP contribution in [0.3, 0.4) is 0 Å². The van der Waals surface area contributed by atoms with Crippen molar-refractivity contribution in [3.8, 4) is 11.5 Å². The van der Waals surface area contributed by atoms with Gasteiger partial charge in [0.15, 0.2) is 11.5 Å². The predicted octanol–water partition coefficient (Wildman–Crippen LogP) is 2.84. The van der Waals surface area contributed by atoms with E-state index in [1.807, 2.05) is 0 Å². The van der Waals surface area contributed by atoms with E-state index < -0.39 is 12.2 Å². The van der Waals surface area contributed by atoms with Gasteiger partial charge in [-0.1, -0.05) is 6.07 Å². The Labute approximate surface area is 118 Å². The lowest BCUT2D eigenvalue weighted by Gasteiger charge is -2.06. The molecule has 3 rings (SSSR count). The number of fused-ring (bicyclic) bond motifs is 1. The first-order chi connectivity index (χ1) is 9.93. The van der Waals surface area contributed by atoms with Crippen LogP contribution in [0.2, 0.25) is 0 Å². The zero-order valence-corrected chi connectivity index (χ0v) is 10.6. The molecule has 1 amide bonds. The molecule has 0 fully saturated rings. The average Bonchev–Trinajstić information content (AvgIpc) is 2.72. The number of anilines is 2. The standard InChI is InChI=1S/C14H10F2N2O3/c15-14(16)20-11-5-4-10(7-12(11)21-14)18-13(19)8-2-1-3-9(17)6-8/h1-7H,17H2,(H,18,19). The van der Waals surface area contributed by atoms with Crippen LogP contribution in [-0.4, -0.2) is 12.2 Å². The van der Waals surface area contributed by atoms with E-state index in [0.717, 1.165) is 0 Å². The van der Waals surface area contributed by atoms with Gasteiger partial charge in [-0.05, 0) is 30.3 Å². The number of hydrogen-bond donors (Lipinski definition) is 2. The molecule has 2 aromatic carbocycles. The molecule has 0 aliphatic carbocycles. The van der Waals surface area contributed by atoms with E-state index in [1.54, 1.807) is 18.2 Å². The molecule has 0 spiro atoms. The van der Waals surface area contributed by atoms with Gasteiger partial charge in [0.25, 0.3) is 5.91 Å². The number of nitrogens with two attached hydrogens (primary N) is 1. The molecule has 0 aromatic heterocycles. The Hall–Kier alpha value is -2.83. The summed E-state index contributed by atoms with van der Waals surface area (Å²) >= 11 is 0. The number of carbonyl (C=O) groups is 1. The summed E-state index contributed by atoms with van der Waals surface area (Å²) in [5.74, 6) is -0.625. The minimum Gasteiger partial charge on any atom is -0.399 e. The van der Waals surface area contributed by atoms with Gasteiger partial charge in [-0.25, -0.2) is 0 Å². The predicted molar refractivity (Wildman–Crippen MR) is 71.5 cm³/mol. The van der Waals surface area contributed by atoms with Crippen LogP contribution >= 0.6 is 0 Å². The zero-order valence-electron chi connectivity index (χ0n) is 10.6. The summed E-state index contributed by atoms with van der Waals surface area (Å²) in [6.07, 6.45) is -3.68. The highest BCUT2D eigenvalue weighted by atomic mass is 19.3. The third-order valence-electron chi connectivity index (χ3n) is 2.81. The lowest BCUT2D eigenvalue weighted by Crippen LogP contribution is -2.25. The van der Waals surface area contributed by atoms with Crippen molar-refractivity contribution in [1.29, 1.82) is 0 Å². The summed E-state index contributed by atoms with van der Waals surface area (Å²) in [7, 11) is 0. The van der Waals surface area contributed by atoms with Crippen LogP contribution < -0.4 is 20.5 Å². The normalized spacial score (nSPS) is 14.8. The van der Waals surface area contributed by atoms with E-state index in [1.165, 1.54) is 24.3 Å². The van der Waals surface area contributed by atoms with Crippen molar-refractivity contribution in [3.63, 3.8) is 0 Å². The number of carbonyl (C=O) groups excluding carboxylic acids is 1. The minimum absolute atomic E-state index is 0.0815. The third-order valence-corrected chi connectivity index (χ3v) is 2.81. The van der Waals surface area contributed by atoms with E-state index in [4.69, 9.17) is 5.73 Å². The second-order valence-electron chi connectivity index (χ2n) is 4.41. The summed E-state index contributed by atoms with van der Waals surface area (Å²) in [6.45, 7) is 0. The Morgan fingerprint density at radius 3 is 2.62 bits per heavy atom. The van der Waals surface area contributed by atoms with Crippen molar-refractivity contribution < 1.29 is 23.0 Å². The monoisotopic (exact) mass is 292 g/mol. The largest absolute Gasteiger partial charge is 0.586 e. The van der Waals surface area contributed by atoms with Crippen LogP contribution in [-0.2, 0) is 0 Å². The van der Waals surface area contributed by atoms with Crippen molar-refractivity contribution in [1.82, 2.24) is 0 Å². The van der Waals surface area contributed by atoms with E-state index in [2.05, 4.69) is 14.8 Å². The fourth-order valence-corrected chi connectivity index (χ4v) is 1.91. The van der Waals surface area contributed by atoms with Gasteiger partial charge in [0.05, 0.1) is 0 Å². The maximum absolute atomic E-state index is 12.9. The topological polar surface area (TPSA) is 73.6 Å². The maximum Gasteiger partial charge on any atom is 0.586 e. The highest BCUT2D eigenvalue weighted by Gasteiger charge is 2.43. The lowest BCUT2D eigenvalue weighted by atomic mass is 10.2. The molecule has 2 aromatic rings. The van der Waals surface area contributed by atoms with Gasteiger partial charge < -0.3 is 20.5 Å². The number of ether oxygens (including phenoxy) is 2. The minimum atomic E-state index is -3.68. The van der Waals surface area contributed by atoms with Gasteiger partial charge in [-0.3, -0.25) is 4.79 Å². The van der Waals surface area contributed by atoms with Crippen LogP contribution in [0.1, 0.15) is 10.4 Å². The first-order valence-electron chi connectivity index (χ1n) is 6.00. The van der Waals surface area contributed by atoms with Crippen molar-refractivity contribution in [2.24, 2.45) is 0 Å². The highest BCUT2D eigenvalue weighted by molar-refractivity contribution is 6.04. The van der Waals surface area contributed by atoms with E-state index >= 15 is 0 Å². The summed E-state index contributed by atoms with van der Waals surface area (Å²) < 4.78 is 34.4. The van der Waals surface area contributed by atoms with E-state index in [-0.39, 0.29) is 11.5 Å². The Bertz CT molecular complexity index is 719.